The second kappa shape index (κ2) is 6.86. The van der Waals surface area contributed by atoms with Crippen molar-refractivity contribution in [3.63, 3.8) is 0 Å². The summed E-state index contributed by atoms with van der Waals surface area (Å²) >= 11 is 0. The number of carbonyl (C=O) groups is 1. The molecule has 0 saturated heterocycles. The van der Waals surface area contributed by atoms with Gasteiger partial charge in [-0.15, -0.1) is 0 Å². The van der Waals surface area contributed by atoms with E-state index in [1.165, 1.54) is 0 Å². The van der Waals surface area contributed by atoms with Crippen LogP contribution in [-0.2, 0) is 5.41 Å². The van der Waals surface area contributed by atoms with Crippen LogP contribution in [0.1, 0.15) is 50.4 Å². The Labute approximate surface area is 139 Å². The fraction of sp³-hybridized carbons (Fsp3) is 0.350. The lowest BCUT2D eigenvalue weighted by Gasteiger charge is -2.25. The van der Waals surface area contributed by atoms with E-state index >= 15 is 0 Å². The standard InChI is InChI=1S/C20H26N2O/c1-14-10-9-13-17(20(3,4)5)18(14)22-19(23)21-15(2)16-11-7-6-8-12-16/h6-13,15H,1-5H3,(H2,21,22,23). The van der Waals surface area contributed by atoms with Gasteiger partial charge in [0.05, 0.1) is 6.04 Å². The van der Waals surface area contributed by atoms with Crippen LogP contribution in [0.3, 0.4) is 0 Å². The maximum atomic E-state index is 12.4. The molecular weight excluding hydrogens is 284 g/mol. The summed E-state index contributed by atoms with van der Waals surface area (Å²) in [7, 11) is 0. The molecule has 0 aliphatic carbocycles. The van der Waals surface area contributed by atoms with Gasteiger partial charge in [0.25, 0.3) is 0 Å². The van der Waals surface area contributed by atoms with Gasteiger partial charge < -0.3 is 10.6 Å². The van der Waals surface area contributed by atoms with Gasteiger partial charge in [-0.3, -0.25) is 0 Å². The molecule has 122 valence electrons. The lowest BCUT2D eigenvalue weighted by molar-refractivity contribution is 0.249. The van der Waals surface area contributed by atoms with Crippen LogP contribution in [0, 0.1) is 6.92 Å². The Balaban J connectivity index is 2.15. The first-order valence-electron chi connectivity index (χ1n) is 8.01. The Morgan fingerprint density at radius 1 is 1.00 bits per heavy atom. The number of benzene rings is 2. The molecular formula is C20H26N2O. The molecule has 2 rings (SSSR count). The highest BCUT2D eigenvalue weighted by Crippen LogP contribution is 2.31. The van der Waals surface area contributed by atoms with E-state index in [0.717, 1.165) is 22.4 Å². The SMILES string of the molecule is Cc1cccc(C(C)(C)C)c1NC(=O)NC(C)c1ccccc1. The van der Waals surface area contributed by atoms with Crippen molar-refractivity contribution in [1.82, 2.24) is 5.32 Å². The van der Waals surface area contributed by atoms with Gasteiger partial charge in [-0.2, -0.15) is 0 Å². The van der Waals surface area contributed by atoms with Gasteiger partial charge in [-0.1, -0.05) is 69.3 Å². The topological polar surface area (TPSA) is 41.1 Å². The molecule has 2 aromatic carbocycles. The zero-order valence-electron chi connectivity index (χ0n) is 14.6. The van der Waals surface area contributed by atoms with E-state index in [-0.39, 0.29) is 17.5 Å². The summed E-state index contributed by atoms with van der Waals surface area (Å²) in [4.78, 5) is 12.4. The summed E-state index contributed by atoms with van der Waals surface area (Å²) in [6.07, 6.45) is 0. The van der Waals surface area contributed by atoms with Crippen molar-refractivity contribution >= 4 is 11.7 Å². The highest BCUT2D eigenvalue weighted by Gasteiger charge is 2.20. The Hall–Kier alpha value is -2.29. The van der Waals surface area contributed by atoms with Crippen molar-refractivity contribution in [3.05, 3.63) is 65.2 Å². The van der Waals surface area contributed by atoms with E-state index in [1.54, 1.807) is 0 Å². The van der Waals surface area contributed by atoms with Crippen LogP contribution < -0.4 is 10.6 Å². The molecule has 0 aliphatic rings. The maximum absolute atomic E-state index is 12.4. The van der Waals surface area contributed by atoms with Crippen molar-refractivity contribution in [1.29, 1.82) is 0 Å². The second-order valence-electron chi connectivity index (χ2n) is 6.98. The molecule has 3 heteroatoms. The van der Waals surface area contributed by atoms with Crippen LogP contribution in [0.4, 0.5) is 10.5 Å². The molecule has 2 amide bonds. The van der Waals surface area contributed by atoms with Crippen molar-refractivity contribution in [2.24, 2.45) is 0 Å². The summed E-state index contributed by atoms with van der Waals surface area (Å²) in [5.74, 6) is 0. The Morgan fingerprint density at radius 3 is 2.26 bits per heavy atom. The third-order valence-corrected chi connectivity index (χ3v) is 3.97. The van der Waals surface area contributed by atoms with E-state index in [9.17, 15) is 4.79 Å². The van der Waals surface area contributed by atoms with Gasteiger partial charge >= 0.3 is 6.03 Å². The highest BCUT2D eigenvalue weighted by molar-refractivity contribution is 5.91. The molecule has 1 atom stereocenters. The quantitative estimate of drug-likeness (QED) is 0.806. The van der Waals surface area contributed by atoms with Gasteiger partial charge in [-0.05, 0) is 36.0 Å². The molecule has 0 aromatic heterocycles. The number of carbonyl (C=O) groups excluding carboxylic acids is 1. The first kappa shape index (κ1) is 17.1. The average Bonchev–Trinajstić information content (AvgIpc) is 2.49. The Bertz CT molecular complexity index is 672. The lowest BCUT2D eigenvalue weighted by Crippen LogP contribution is -2.32. The highest BCUT2D eigenvalue weighted by atomic mass is 16.2. The van der Waals surface area contributed by atoms with Crippen molar-refractivity contribution in [2.45, 2.75) is 46.1 Å². The van der Waals surface area contributed by atoms with Crippen LogP contribution in [0.25, 0.3) is 0 Å². The van der Waals surface area contributed by atoms with Crippen molar-refractivity contribution in [2.75, 3.05) is 5.32 Å². The van der Waals surface area contributed by atoms with Crippen LogP contribution in [-0.4, -0.2) is 6.03 Å². The minimum atomic E-state index is -0.179. The van der Waals surface area contributed by atoms with E-state index in [4.69, 9.17) is 0 Å². The zero-order valence-corrected chi connectivity index (χ0v) is 14.6. The third kappa shape index (κ3) is 4.35. The molecule has 0 aliphatic heterocycles. The van der Waals surface area contributed by atoms with Crippen LogP contribution >= 0.6 is 0 Å². The smallest absolute Gasteiger partial charge is 0.319 e. The van der Waals surface area contributed by atoms with Gasteiger partial charge in [0.1, 0.15) is 0 Å². The van der Waals surface area contributed by atoms with Crippen LogP contribution in [0.15, 0.2) is 48.5 Å². The molecule has 1 unspecified atom stereocenters. The second-order valence-corrected chi connectivity index (χ2v) is 6.98. The van der Waals surface area contributed by atoms with Gasteiger partial charge in [0.2, 0.25) is 0 Å². The number of anilines is 1. The normalized spacial score (nSPS) is 12.6. The molecule has 2 N–H and O–H groups in total. The molecule has 0 saturated carbocycles. The molecule has 0 radical (unpaired) electrons. The summed E-state index contributed by atoms with van der Waals surface area (Å²) in [5.41, 5.74) is 4.17. The maximum Gasteiger partial charge on any atom is 0.319 e. The molecule has 0 fully saturated rings. The fourth-order valence-corrected chi connectivity index (χ4v) is 2.63. The summed E-state index contributed by atoms with van der Waals surface area (Å²) in [5, 5.41) is 6.04. The minimum Gasteiger partial charge on any atom is -0.331 e. The Morgan fingerprint density at radius 2 is 1.65 bits per heavy atom. The van der Waals surface area contributed by atoms with Crippen LogP contribution in [0.2, 0.25) is 0 Å². The number of rotatable bonds is 3. The molecule has 3 nitrogen and oxygen atoms in total. The van der Waals surface area contributed by atoms with E-state index in [0.29, 0.717) is 0 Å². The summed E-state index contributed by atoms with van der Waals surface area (Å²) < 4.78 is 0. The largest absolute Gasteiger partial charge is 0.331 e. The number of amides is 2. The van der Waals surface area contributed by atoms with Gasteiger partial charge in [0, 0.05) is 5.69 Å². The number of urea groups is 1. The molecule has 0 spiro atoms. The Kier molecular flexibility index (Phi) is 5.09. The fourth-order valence-electron chi connectivity index (χ4n) is 2.63. The number of hydrogen-bond donors (Lipinski definition) is 2. The monoisotopic (exact) mass is 310 g/mol. The van der Waals surface area contributed by atoms with Crippen LogP contribution in [0.5, 0.6) is 0 Å². The number of aryl methyl sites for hydroxylation is 1. The zero-order chi connectivity index (χ0) is 17.0. The van der Waals surface area contributed by atoms with E-state index < -0.39 is 0 Å². The first-order valence-corrected chi connectivity index (χ1v) is 8.01. The predicted molar refractivity (Wildman–Crippen MR) is 96.9 cm³/mol. The molecule has 0 heterocycles. The molecule has 0 bridgehead atoms. The first-order chi connectivity index (χ1) is 10.8. The van der Waals surface area contributed by atoms with Crippen molar-refractivity contribution in [3.8, 4) is 0 Å². The molecule has 2 aromatic rings. The van der Waals surface area contributed by atoms with E-state index in [1.807, 2.05) is 56.3 Å². The van der Waals surface area contributed by atoms with E-state index in [2.05, 4.69) is 37.5 Å². The molecule has 23 heavy (non-hydrogen) atoms. The number of nitrogens with one attached hydrogen (secondary N) is 2. The van der Waals surface area contributed by atoms with Gasteiger partial charge in [0.15, 0.2) is 0 Å². The number of hydrogen-bond acceptors (Lipinski definition) is 1. The van der Waals surface area contributed by atoms with Crippen molar-refractivity contribution < 1.29 is 4.79 Å². The predicted octanol–water partition coefficient (Wildman–Crippen LogP) is 5.18. The lowest BCUT2D eigenvalue weighted by atomic mass is 9.84. The van der Waals surface area contributed by atoms with Gasteiger partial charge in [-0.25, -0.2) is 4.79 Å². The summed E-state index contributed by atoms with van der Waals surface area (Å²) in [6, 6.07) is 15.9. The summed E-state index contributed by atoms with van der Waals surface area (Å²) in [6.45, 7) is 10.5. The number of para-hydroxylation sites is 1. The minimum absolute atomic E-state index is 0.0281. The third-order valence-electron chi connectivity index (χ3n) is 3.97. The average molecular weight is 310 g/mol.